The van der Waals surface area contributed by atoms with Crippen LogP contribution < -0.4 is 5.32 Å². The van der Waals surface area contributed by atoms with E-state index in [0.29, 0.717) is 6.42 Å². The molecule has 1 aromatic carbocycles. The van der Waals surface area contributed by atoms with Gasteiger partial charge in [0.1, 0.15) is 6.61 Å². The molecule has 19 heavy (non-hydrogen) atoms. The zero-order chi connectivity index (χ0) is 14.1. The highest BCUT2D eigenvalue weighted by Gasteiger charge is 2.18. The van der Waals surface area contributed by atoms with Gasteiger partial charge in [0, 0.05) is 6.16 Å². The maximum Gasteiger partial charge on any atom is 0.407 e. The van der Waals surface area contributed by atoms with Crippen molar-refractivity contribution >= 4 is 13.5 Å². The van der Waals surface area contributed by atoms with E-state index < -0.39 is 13.5 Å². The molecular formula is C13H20NO4P. The number of unbranched alkanes of at least 4 members (excludes halogenated alkanes) is 1. The van der Waals surface area contributed by atoms with E-state index in [-0.39, 0.29) is 19.1 Å². The Morgan fingerprint density at radius 1 is 1.37 bits per heavy atom. The second kappa shape index (κ2) is 7.97. The molecule has 1 unspecified atom stereocenters. The van der Waals surface area contributed by atoms with Gasteiger partial charge in [-0.1, -0.05) is 43.7 Å². The van der Waals surface area contributed by atoms with E-state index in [9.17, 15) is 14.3 Å². The molecule has 0 saturated carbocycles. The molecule has 0 radical (unpaired) electrons. The van der Waals surface area contributed by atoms with E-state index in [4.69, 9.17) is 4.74 Å². The molecule has 0 saturated heterocycles. The Kier molecular flexibility index (Phi) is 6.60. The van der Waals surface area contributed by atoms with Crippen LogP contribution in [0.4, 0.5) is 4.79 Å². The predicted octanol–water partition coefficient (Wildman–Crippen LogP) is 2.94. The van der Waals surface area contributed by atoms with Crippen molar-refractivity contribution in [2.75, 3.05) is 12.4 Å². The van der Waals surface area contributed by atoms with Crippen LogP contribution in [0.25, 0.3) is 0 Å². The number of nitrogens with one attached hydrogen (secondary N) is 1. The average Bonchev–Trinajstić information content (AvgIpc) is 2.42. The van der Waals surface area contributed by atoms with Crippen molar-refractivity contribution in [3.8, 4) is 0 Å². The van der Waals surface area contributed by atoms with Gasteiger partial charge in [0.25, 0.3) is 0 Å². The smallest absolute Gasteiger partial charge is 0.407 e. The minimum absolute atomic E-state index is 0.150. The van der Waals surface area contributed by atoms with Gasteiger partial charge in [-0.2, -0.15) is 0 Å². The molecule has 6 heteroatoms. The molecular weight excluding hydrogens is 265 g/mol. The third kappa shape index (κ3) is 6.99. The fraction of sp³-hybridized carbons (Fsp3) is 0.462. The van der Waals surface area contributed by atoms with Crippen LogP contribution in [0, 0.1) is 0 Å². The van der Waals surface area contributed by atoms with Crippen molar-refractivity contribution in [3.05, 3.63) is 35.9 Å². The monoisotopic (exact) mass is 285 g/mol. The maximum absolute atomic E-state index is 11.6. The summed E-state index contributed by atoms with van der Waals surface area (Å²) in [7, 11) is -3.27. The lowest BCUT2D eigenvalue weighted by Crippen LogP contribution is -2.25. The number of ether oxygens (including phenoxy) is 1. The molecule has 0 aliphatic heterocycles. The van der Waals surface area contributed by atoms with Crippen molar-refractivity contribution in [2.24, 2.45) is 0 Å². The van der Waals surface area contributed by atoms with Crippen LogP contribution in [0.1, 0.15) is 25.3 Å². The fourth-order valence-electron chi connectivity index (χ4n) is 1.45. The summed E-state index contributed by atoms with van der Waals surface area (Å²) in [6, 6.07) is 9.25. The fourth-order valence-corrected chi connectivity index (χ4v) is 2.79. The normalized spacial score (nSPS) is 13.6. The van der Waals surface area contributed by atoms with E-state index in [1.807, 2.05) is 37.3 Å². The maximum atomic E-state index is 11.6. The lowest BCUT2D eigenvalue weighted by atomic mass is 10.2. The third-order valence-corrected chi connectivity index (χ3v) is 4.21. The summed E-state index contributed by atoms with van der Waals surface area (Å²) in [6.07, 6.45) is 0.843. The molecule has 5 nitrogen and oxygen atoms in total. The molecule has 1 aromatic rings. The second-order valence-corrected chi connectivity index (χ2v) is 6.78. The summed E-state index contributed by atoms with van der Waals surface area (Å²) in [6.45, 7) is 2.10. The van der Waals surface area contributed by atoms with Crippen molar-refractivity contribution in [2.45, 2.75) is 26.4 Å². The Labute approximate surface area is 113 Å². The average molecular weight is 285 g/mol. The molecule has 1 rings (SSSR count). The first kappa shape index (κ1) is 15.7. The van der Waals surface area contributed by atoms with Crippen molar-refractivity contribution in [1.82, 2.24) is 5.32 Å². The Morgan fingerprint density at radius 2 is 2.05 bits per heavy atom. The Morgan fingerprint density at radius 3 is 2.68 bits per heavy atom. The van der Waals surface area contributed by atoms with E-state index in [0.717, 1.165) is 12.0 Å². The molecule has 0 aliphatic carbocycles. The zero-order valence-electron chi connectivity index (χ0n) is 11.0. The number of amides is 1. The highest BCUT2D eigenvalue weighted by atomic mass is 31.2. The lowest BCUT2D eigenvalue weighted by Gasteiger charge is -2.12. The summed E-state index contributed by atoms with van der Waals surface area (Å²) in [5, 5.41) is 2.33. The molecule has 0 spiro atoms. The Hall–Kier alpha value is -1.32. The van der Waals surface area contributed by atoms with E-state index in [1.165, 1.54) is 0 Å². The van der Waals surface area contributed by atoms with E-state index in [2.05, 4.69) is 5.32 Å². The molecule has 2 N–H and O–H groups in total. The van der Waals surface area contributed by atoms with Gasteiger partial charge in [-0.15, -0.1) is 0 Å². The van der Waals surface area contributed by atoms with Crippen LogP contribution in [0.5, 0.6) is 0 Å². The third-order valence-electron chi connectivity index (χ3n) is 2.54. The second-order valence-electron chi connectivity index (χ2n) is 4.32. The first-order valence-electron chi connectivity index (χ1n) is 6.29. The first-order chi connectivity index (χ1) is 9.03. The number of alkyl carbamates (subject to hydrolysis) is 1. The van der Waals surface area contributed by atoms with Crippen LogP contribution >= 0.6 is 7.37 Å². The number of hydrogen-bond donors (Lipinski definition) is 2. The molecule has 0 aliphatic rings. The summed E-state index contributed by atoms with van der Waals surface area (Å²) >= 11 is 0. The van der Waals surface area contributed by atoms with Gasteiger partial charge in [0.2, 0.25) is 7.37 Å². The van der Waals surface area contributed by atoms with Crippen LogP contribution in [-0.2, 0) is 15.9 Å². The molecule has 1 atom stereocenters. The lowest BCUT2D eigenvalue weighted by molar-refractivity contribution is 0.141. The SMILES string of the molecule is CCCCP(=O)(O)CNC(=O)OCc1ccccc1. The summed E-state index contributed by atoms with van der Waals surface area (Å²) in [5.74, 6) is 0. The largest absolute Gasteiger partial charge is 0.445 e. The summed E-state index contributed by atoms with van der Waals surface area (Å²) in [5.41, 5.74) is 0.871. The molecule has 1 amide bonds. The van der Waals surface area contributed by atoms with Gasteiger partial charge in [-0.05, 0) is 12.0 Å². The van der Waals surface area contributed by atoms with Gasteiger partial charge < -0.3 is 14.9 Å². The van der Waals surface area contributed by atoms with Crippen LogP contribution in [0.2, 0.25) is 0 Å². The van der Waals surface area contributed by atoms with E-state index in [1.54, 1.807) is 0 Å². The topological polar surface area (TPSA) is 75.6 Å². The van der Waals surface area contributed by atoms with Gasteiger partial charge in [-0.25, -0.2) is 4.79 Å². The van der Waals surface area contributed by atoms with Crippen LogP contribution in [0.15, 0.2) is 30.3 Å². The summed E-state index contributed by atoms with van der Waals surface area (Å²) < 4.78 is 16.6. The van der Waals surface area contributed by atoms with Crippen molar-refractivity contribution < 1.29 is 19.0 Å². The standard InChI is InChI=1S/C13H20NO4P/c1-2-3-9-19(16,17)11-14-13(15)18-10-12-7-5-4-6-8-12/h4-8H,2-3,9-11H2,1H3,(H,14,15)(H,16,17). The molecule has 0 fully saturated rings. The van der Waals surface area contributed by atoms with E-state index >= 15 is 0 Å². The number of rotatable bonds is 7. The highest BCUT2D eigenvalue weighted by molar-refractivity contribution is 7.57. The molecule has 0 bridgehead atoms. The number of carbonyl (C=O) groups excluding carboxylic acids is 1. The summed E-state index contributed by atoms with van der Waals surface area (Å²) in [4.78, 5) is 20.9. The quantitative estimate of drug-likeness (QED) is 0.755. The number of benzene rings is 1. The Balaban J connectivity index is 2.26. The molecule has 106 valence electrons. The molecule has 0 heterocycles. The van der Waals surface area contributed by atoms with Crippen LogP contribution in [0.3, 0.4) is 0 Å². The molecule has 0 aromatic heterocycles. The van der Waals surface area contributed by atoms with Gasteiger partial charge in [0.05, 0.1) is 6.29 Å². The predicted molar refractivity (Wildman–Crippen MR) is 74.2 cm³/mol. The number of carbonyl (C=O) groups is 1. The zero-order valence-corrected chi connectivity index (χ0v) is 11.9. The van der Waals surface area contributed by atoms with Gasteiger partial charge in [0.15, 0.2) is 0 Å². The van der Waals surface area contributed by atoms with Crippen LogP contribution in [-0.4, -0.2) is 23.4 Å². The minimum atomic E-state index is -3.27. The van der Waals surface area contributed by atoms with Crippen molar-refractivity contribution in [1.29, 1.82) is 0 Å². The van der Waals surface area contributed by atoms with Gasteiger partial charge >= 0.3 is 6.09 Å². The minimum Gasteiger partial charge on any atom is -0.445 e. The van der Waals surface area contributed by atoms with Crippen molar-refractivity contribution in [3.63, 3.8) is 0 Å². The Bertz CT molecular complexity index is 436. The van der Waals surface area contributed by atoms with Gasteiger partial charge in [-0.3, -0.25) is 4.57 Å². The number of hydrogen-bond acceptors (Lipinski definition) is 3. The first-order valence-corrected chi connectivity index (χ1v) is 8.32. The highest BCUT2D eigenvalue weighted by Crippen LogP contribution is 2.39.